The summed E-state index contributed by atoms with van der Waals surface area (Å²) in [5.74, 6) is -0.0598. The Morgan fingerprint density at radius 2 is 1.77 bits per heavy atom. The first-order valence-corrected chi connectivity index (χ1v) is 10.5. The van der Waals surface area contributed by atoms with E-state index < -0.39 is 11.7 Å². The van der Waals surface area contributed by atoms with Crippen LogP contribution in [-0.4, -0.2) is 43.1 Å². The average molecular weight is 450 g/mol. The lowest BCUT2D eigenvalue weighted by molar-refractivity contribution is -0.869. The van der Waals surface area contributed by atoms with Gasteiger partial charge in [0.05, 0.1) is 45.4 Å². The molecule has 0 bridgehead atoms. The van der Waals surface area contributed by atoms with Crippen molar-refractivity contribution in [3.8, 4) is 11.3 Å². The monoisotopic (exact) mass is 449 g/mol. The van der Waals surface area contributed by atoms with Gasteiger partial charge in [-0.3, -0.25) is 4.79 Å². The van der Waals surface area contributed by atoms with E-state index in [1.807, 2.05) is 50.8 Å². The minimum Gasteiger partial charge on any atom is -0.332 e. The number of halogens is 3. The first kappa shape index (κ1) is 22.8. The molecular formula is C22H24F3N4OS+. The molecule has 1 aromatic heterocycles. The van der Waals surface area contributed by atoms with E-state index in [2.05, 4.69) is 15.6 Å². The zero-order valence-electron chi connectivity index (χ0n) is 17.5. The fourth-order valence-corrected chi connectivity index (χ4v) is 3.52. The maximum atomic E-state index is 12.9. The van der Waals surface area contributed by atoms with Crippen LogP contribution in [-0.2, 0) is 11.0 Å². The molecule has 3 rings (SSSR count). The molecule has 0 radical (unpaired) electrons. The van der Waals surface area contributed by atoms with Crippen molar-refractivity contribution in [1.29, 1.82) is 0 Å². The van der Waals surface area contributed by atoms with Crippen LogP contribution in [0, 0.1) is 0 Å². The zero-order chi connectivity index (χ0) is 22.6. The molecular weight excluding hydrogens is 425 g/mol. The molecule has 31 heavy (non-hydrogen) atoms. The Balaban J connectivity index is 1.69. The summed E-state index contributed by atoms with van der Waals surface area (Å²) in [7, 11) is 6.09. The lowest BCUT2D eigenvalue weighted by Gasteiger charge is -2.23. The standard InChI is InChI=1S/C22H23F3N4OS/c1-29(2,3)11-10-20(30)26-17-8-4-6-15(12-17)19-14-31-21(28-19)27-18-9-5-7-16(13-18)22(23,24)25/h4-9,12-14H,10-11H2,1-3H3,(H-,26,27,28,30)/p+1. The van der Waals surface area contributed by atoms with E-state index in [0.29, 0.717) is 33.1 Å². The summed E-state index contributed by atoms with van der Waals surface area (Å²) in [6, 6.07) is 12.3. The van der Waals surface area contributed by atoms with E-state index in [9.17, 15) is 18.0 Å². The van der Waals surface area contributed by atoms with Crippen LogP contribution in [0.25, 0.3) is 11.3 Å². The largest absolute Gasteiger partial charge is 0.416 e. The number of hydrogen-bond donors (Lipinski definition) is 2. The molecule has 0 saturated carbocycles. The Morgan fingerprint density at radius 3 is 2.48 bits per heavy atom. The Bertz CT molecular complexity index is 1060. The molecule has 1 amide bonds. The summed E-state index contributed by atoms with van der Waals surface area (Å²) >= 11 is 1.29. The van der Waals surface area contributed by atoms with E-state index in [0.717, 1.165) is 24.2 Å². The molecule has 3 aromatic rings. The first-order chi connectivity index (χ1) is 14.5. The quantitative estimate of drug-likeness (QED) is 0.461. The highest BCUT2D eigenvalue weighted by Crippen LogP contribution is 2.33. The first-order valence-electron chi connectivity index (χ1n) is 9.60. The van der Waals surface area contributed by atoms with Crippen LogP contribution >= 0.6 is 11.3 Å². The SMILES string of the molecule is C[N+](C)(C)CCC(=O)Nc1cccc(-c2csc(Nc3cccc(C(F)(F)F)c3)n2)c1. The molecule has 0 aliphatic carbocycles. The molecule has 0 aliphatic heterocycles. The van der Waals surface area contributed by atoms with Gasteiger partial charge in [-0.2, -0.15) is 13.2 Å². The van der Waals surface area contributed by atoms with Crippen molar-refractivity contribution in [3.05, 3.63) is 59.5 Å². The second-order valence-corrected chi connectivity index (χ2v) is 8.99. The highest BCUT2D eigenvalue weighted by molar-refractivity contribution is 7.14. The summed E-state index contributed by atoms with van der Waals surface area (Å²) in [5.41, 5.74) is 1.74. The number of benzene rings is 2. The van der Waals surface area contributed by atoms with Crippen molar-refractivity contribution >= 4 is 33.8 Å². The molecule has 5 nitrogen and oxygen atoms in total. The molecule has 0 fully saturated rings. The van der Waals surface area contributed by atoms with Gasteiger partial charge in [0, 0.05) is 22.3 Å². The Hall–Kier alpha value is -2.91. The summed E-state index contributed by atoms with van der Waals surface area (Å²) in [5, 5.41) is 8.11. The fourth-order valence-electron chi connectivity index (χ4n) is 2.78. The predicted molar refractivity (Wildman–Crippen MR) is 118 cm³/mol. The predicted octanol–water partition coefficient (Wildman–Crippen LogP) is 5.61. The summed E-state index contributed by atoms with van der Waals surface area (Å²) in [6.45, 7) is 0.724. The van der Waals surface area contributed by atoms with Gasteiger partial charge < -0.3 is 15.1 Å². The highest BCUT2D eigenvalue weighted by atomic mass is 32.1. The third kappa shape index (κ3) is 6.80. The Labute approximate surface area is 183 Å². The molecule has 0 spiro atoms. The topological polar surface area (TPSA) is 54.0 Å². The summed E-state index contributed by atoms with van der Waals surface area (Å²) in [6.07, 6.45) is -3.99. The summed E-state index contributed by atoms with van der Waals surface area (Å²) < 4.78 is 39.4. The number of anilines is 3. The van der Waals surface area contributed by atoms with Gasteiger partial charge in [0.15, 0.2) is 5.13 Å². The van der Waals surface area contributed by atoms with Crippen molar-refractivity contribution in [2.75, 3.05) is 38.3 Å². The molecule has 164 valence electrons. The number of rotatable bonds is 7. The number of alkyl halides is 3. The maximum absolute atomic E-state index is 12.9. The van der Waals surface area contributed by atoms with Gasteiger partial charge in [-0.15, -0.1) is 11.3 Å². The van der Waals surface area contributed by atoms with Crippen molar-refractivity contribution < 1.29 is 22.4 Å². The van der Waals surface area contributed by atoms with E-state index in [1.165, 1.54) is 17.4 Å². The third-order valence-corrected chi connectivity index (χ3v) is 5.15. The third-order valence-electron chi connectivity index (χ3n) is 4.40. The van der Waals surface area contributed by atoms with Gasteiger partial charge >= 0.3 is 6.18 Å². The second-order valence-electron chi connectivity index (χ2n) is 8.13. The molecule has 0 aliphatic rings. The van der Waals surface area contributed by atoms with Crippen LogP contribution in [0.5, 0.6) is 0 Å². The molecule has 2 N–H and O–H groups in total. The smallest absolute Gasteiger partial charge is 0.332 e. The molecule has 0 unspecified atom stereocenters. The number of amides is 1. The number of aromatic nitrogens is 1. The van der Waals surface area contributed by atoms with Gasteiger partial charge in [0.2, 0.25) is 5.91 Å². The van der Waals surface area contributed by atoms with Crippen LogP contribution in [0.2, 0.25) is 0 Å². The molecule has 1 heterocycles. The van der Waals surface area contributed by atoms with Gasteiger partial charge in [-0.1, -0.05) is 18.2 Å². The average Bonchev–Trinajstić information content (AvgIpc) is 3.14. The number of carbonyl (C=O) groups is 1. The van der Waals surface area contributed by atoms with Crippen LogP contribution in [0.1, 0.15) is 12.0 Å². The summed E-state index contributed by atoms with van der Waals surface area (Å²) in [4.78, 5) is 16.7. The number of quaternary nitrogens is 1. The minimum absolute atomic E-state index is 0.0598. The lowest BCUT2D eigenvalue weighted by atomic mass is 10.1. The number of nitrogens with one attached hydrogen (secondary N) is 2. The number of hydrogen-bond acceptors (Lipinski definition) is 4. The van der Waals surface area contributed by atoms with Crippen LogP contribution in [0.15, 0.2) is 53.9 Å². The Morgan fingerprint density at radius 1 is 1.06 bits per heavy atom. The van der Waals surface area contributed by atoms with Crippen molar-refractivity contribution in [2.45, 2.75) is 12.6 Å². The maximum Gasteiger partial charge on any atom is 0.416 e. The Kier molecular flexibility index (Phi) is 6.66. The van der Waals surface area contributed by atoms with Crippen molar-refractivity contribution in [1.82, 2.24) is 4.98 Å². The van der Waals surface area contributed by atoms with Crippen LogP contribution < -0.4 is 10.6 Å². The molecule has 0 atom stereocenters. The van der Waals surface area contributed by atoms with E-state index in [1.54, 1.807) is 6.07 Å². The molecule has 9 heteroatoms. The van der Waals surface area contributed by atoms with Crippen LogP contribution in [0.3, 0.4) is 0 Å². The van der Waals surface area contributed by atoms with Crippen molar-refractivity contribution in [2.24, 2.45) is 0 Å². The fraction of sp³-hybridized carbons (Fsp3) is 0.273. The number of carbonyl (C=O) groups excluding carboxylic acids is 1. The lowest BCUT2D eigenvalue weighted by Crippen LogP contribution is -2.37. The zero-order valence-corrected chi connectivity index (χ0v) is 18.3. The highest BCUT2D eigenvalue weighted by Gasteiger charge is 2.30. The minimum atomic E-state index is -4.40. The van der Waals surface area contributed by atoms with Gasteiger partial charge in [-0.05, 0) is 30.3 Å². The second kappa shape index (κ2) is 9.07. The van der Waals surface area contributed by atoms with E-state index in [-0.39, 0.29) is 5.91 Å². The van der Waals surface area contributed by atoms with Gasteiger partial charge in [0.25, 0.3) is 0 Å². The normalized spacial score (nSPS) is 11.9. The molecule has 0 saturated heterocycles. The number of thiazole rings is 1. The van der Waals surface area contributed by atoms with Gasteiger partial charge in [-0.25, -0.2) is 4.98 Å². The van der Waals surface area contributed by atoms with E-state index in [4.69, 9.17) is 0 Å². The molecule has 2 aromatic carbocycles. The van der Waals surface area contributed by atoms with Crippen LogP contribution in [0.4, 0.5) is 29.7 Å². The number of nitrogens with zero attached hydrogens (tertiary/aromatic N) is 2. The van der Waals surface area contributed by atoms with E-state index >= 15 is 0 Å². The van der Waals surface area contributed by atoms with Crippen molar-refractivity contribution in [3.63, 3.8) is 0 Å². The van der Waals surface area contributed by atoms with Gasteiger partial charge in [0.1, 0.15) is 0 Å².